The summed E-state index contributed by atoms with van der Waals surface area (Å²) in [5, 5.41) is 4.60. The number of carbonyl (C=O) groups is 1. The van der Waals surface area contributed by atoms with Crippen molar-refractivity contribution in [2.75, 3.05) is 18.4 Å². The fourth-order valence-electron chi connectivity index (χ4n) is 2.96. The van der Waals surface area contributed by atoms with E-state index in [1.165, 1.54) is 0 Å². The van der Waals surface area contributed by atoms with E-state index >= 15 is 0 Å². The third kappa shape index (κ3) is 3.56. The average Bonchev–Trinajstić information content (AvgIpc) is 3.03. The molecule has 0 radical (unpaired) electrons. The van der Waals surface area contributed by atoms with E-state index in [4.69, 9.17) is 11.6 Å². The van der Waals surface area contributed by atoms with Crippen LogP contribution >= 0.6 is 27.5 Å². The summed E-state index contributed by atoms with van der Waals surface area (Å²) in [5.41, 5.74) is 2.21. The number of hydrogen-bond donors (Lipinski definition) is 1. The van der Waals surface area contributed by atoms with Crippen LogP contribution in [0.3, 0.4) is 0 Å². The van der Waals surface area contributed by atoms with Gasteiger partial charge in [-0.3, -0.25) is 0 Å². The Kier molecular flexibility index (Phi) is 5.28. The van der Waals surface area contributed by atoms with Gasteiger partial charge in [0.25, 0.3) is 0 Å². The van der Waals surface area contributed by atoms with E-state index in [-0.39, 0.29) is 12.1 Å². The van der Waals surface area contributed by atoms with Crippen LogP contribution in [0, 0.1) is 0 Å². The van der Waals surface area contributed by atoms with Gasteiger partial charge in [0.1, 0.15) is 0 Å². The monoisotopic (exact) mass is 395 g/mol. The summed E-state index contributed by atoms with van der Waals surface area (Å²) in [4.78, 5) is 14.5. The Morgan fingerprint density at radius 3 is 2.78 bits per heavy atom. The molecule has 1 aromatic carbocycles. The molecular weight excluding hydrogens is 378 g/mol. The predicted octanol–water partition coefficient (Wildman–Crippen LogP) is 4.04. The fourth-order valence-corrected chi connectivity index (χ4v) is 3.37. The van der Waals surface area contributed by atoms with Crippen LogP contribution in [0.2, 0.25) is 5.02 Å². The Bertz CT molecular complexity index is 671. The molecule has 2 heterocycles. The zero-order valence-corrected chi connectivity index (χ0v) is 15.1. The minimum Gasteiger partial charge on any atom is -0.348 e. The summed E-state index contributed by atoms with van der Waals surface area (Å²) in [6.07, 6.45) is 2.99. The van der Waals surface area contributed by atoms with Gasteiger partial charge in [0.05, 0.1) is 6.04 Å². The minimum absolute atomic E-state index is 0.0154. The first-order valence-corrected chi connectivity index (χ1v) is 9.21. The maximum Gasteiger partial charge on any atom is 0.318 e. The number of carbonyl (C=O) groups excluding carboxylic acids is 1. The Hall–Kier alpha value is -1.46. The van der Waals surface area contributed by atoms with Crippen molar-refractivity contribution in [3.63, 3.8) is 0 Å². The molecule has 0 fully saturated rings. The van der Waals surface area contributed by atoms with Gasteiger partial charge in [0, 0.05) is 41.9 Å². The van der Waals surface area contributed by atoms with E-state index in [2.05, 4.69) is 38.1 Å². The number of benzene rings is 1. The molecule has 0 saturated heterocycles. The lowest BCUT2D eigenvalue weighted by atomic mass is 10.0. The number of alkyl halides is 1. The van der Waals surface area contributed by atoms with Crippen molar-refractivity contribution in [3.05, 3.63) is 58.9 Å². The number of aromatic nitrogens is 1. The molecule has 1 aliphatic rings. The SMILES string of the molecule is O=C(NCCCBr)N1CCn2cccc2C1c1ccc(Cl)cc1. The fraction of sp³-hybridized carbons (Fsp3) is 0.353. The van der Waals surface area contributed by atoms with Crippen LogP contribution in [0.25, 0.3) is 0 Å². The molecule has 0 bridgehead atoms. The number of amides is 2. The smallest absolute Gasteiger partial charge is 0.318 e. The summed E-state index contributed by atoms with van der Waals surface area (Å²) in [7, 11) is 0. The van der Waals surface area contributed by atoms with Crippen LogP contribution < -0.4 is 5.32 Å². The van der Waals surface area contributed by atoms with Gasteiger partial charge in [-0.2, -0.15) is 0 Å². The van der Waals surface area contributed by atoms with Crippen LogP contribution in [0.15, 0.2) is 42.6 Å². The zero-order valence-electron chi connectivity index (χ0n) is 12.7. The molecule has 2 aromatic rings. The van der Waals surface area contributed by atoms with E-state index < -0.39 is 0 Å². The minimum atomic E-state index is -0.0833. The van der Waals surface area contributed by atoms with Crippen LogP contribution in [-0.4, -0.2) is 33.9 Å². The second-order valence-corrected chi connectivity index (χ2v) is 6.78. The third-order valence-corrected chi connectivity index (χ3v) is 4.88. The van der Waals surface area contributed by atoms with Gasteiger partial charge >= 0.3 is 6.03 Å². The number of fused-ring (bicyclic) bond motifs is 1. The molecule has 6 heteroatoms. The van der Waals surface area contributed by atoms with Crippen LogP contribution in [0.4, 0.5) is 4.79 Å². The highest BCUT2D eigenvalue weighted by molar-refractivity contribution is 9.09. The molecule has 1 unspecified atom stereocenters. The summed E-state index contributed by atoms with van der Waals surface area (Å²) in [6, 6.07) is 11.8. The predicted molar refractivity (Wildman–Crippen MR) is 96.2 cm³/mol. The quantitative estimate of drug-likeness (QED) is 0.614. The highest BCUT2D eigenvalue weighted by atomic mass is 79.9. The van der Waals surface area contributed by atoms with Crippen molar-refractivity contribution >= 4 is 33.6 Å². The Morgan fingerprint density at radius 1 is 1.26 bits per heavy atom. The number of rotatable bonds is 4. The van der Waals surface area contributed by atoms with Crippen molar-refractivity contribution in [2.45, 2.75) is 19.0 Å². The molecule has 0 spiro atoms. The topological polar surface area (TPSA) is 37.3 Å². The van der Waals surface area contributed by atoms with Crippen molar-refractivity contribution in [3.8, 4) is 0 Å². The van der Waals surface area contributed by atoms with Crippen molar-refractivity contribution in [1.82, 2.24) is 14.8 Å². The van der Waals surface area contributed by atoms with Gasteiger partial charge in [-0.25, -0.2) is 4.79 Å². The lowest BCUT2D eigenvalue weighted by Gasteiger charge is -2.37. The summed E-state index contributed by atoms with van der Waals surface area (Å²) >= 11 is 9.40. The van der Waals surface area contributed by atoms with E-state index in [0.717, 1.165) is 29.6 Å². The van der Waals surface area contributed by atoms with Gasteiger partial charge < -0.3 is 14.8 Å². The molecule has 1 aliphatic heterocycles. The molecule has 1 aromatic heterocycles. The summed E-state index contributed by atoms with van der Waals surface area (Å²) in [5.74, 6) is 0. The van der Waals surface area contributed by atoms with Gasteiger partial charge in [-0.15, -0.1) is 0 Å². The number of urea groups is 1. The third-order valence-electron chi connectivity index (χ3n) is 4.07. The lowest BCUT2D eigenvalue weighted by Crippen LogP contribution is -2.47. The van der Waals surface area contributed by atoms with Crippen molar-refractivity contribution < 1.29 is 4.79 Å². The number of halogens is 2. The standard InChI is InChI=1S/C17H19BrClN3O/c18-8-2-9-20-17(23)22-12-11-21-10-1-3-15(21)16(22)13-4-6-14(19)7-5-13/h1,3-7,10,16H,2,8-9,11-12H2,(H,20,23). The van der Waals surface area contributed by atoms with E-state index in [1.807, 2.05) is 35.2 Å². The van der Waals surface area contributed by atoms with E-state index in [9.17, 15) is 4.79 Å². The van der Waals surface area contributed by atoms with E-state index in [0.29, 0.717) is 18.1 Å². The Labute approximate surface area is 149 Å². The van der Waals surface area contributed by atoms with Gasteiger partial charge in [-0.1, -0.05) is 39.7 Å². The first kappa shape index (κ1) is 16.4. The highest BCUT2D eigenvalue weighted by Crippen LogP contribution is 2.32. The lowest BCUT2D eigenvalue weighted by molar-refractivity contribution is 0.169. The molecule has 2 amide bonds. The number of nitrogens with zero attached hydrogens (tertiary/aromatic N) is 2. The maximum atomic E-state index is 12.6. The molecule has 0 aliphatic carbocycles. The van der Waals surface area contributed by atoms with Crippen LogP contribution in [0.5, 0.6) is 0 Å². The zero-order chi connectivity index (χ0) is 16.2. The molecule has 1 atom stereocenters. The average molecular weight is 397 g/mol. The second kappa shape index (κ2) is 7.41. The first-order valence-electron chi connectivity index (χ1n) is 7.71. The molecule has 23 heavy (non-hydrogen) atoms. The van der Waals surface area contributed by atoms with Crippen LogP contribution in [0.1, 0.15) is 23.7 Å². The summed E-state index contributed by atoms with van der Waals surface area (Å²) < 4.78 is 2.21. The van der Waals surface area contributed by atoms with Crippen molar-refractivity contribution in [2.24, 2.45) is 0 Å². The molecule has 122 valence electrons. The van der Waals surface area contributed by atoms with Gasteiger partial charge in [0.15, 0.2) is 0 Å². The molecule has 0 saturated carbocycles. The van der Waals surface area contributed by atoms with Gasteiger partial charge in [0.2, 0.25) is 0 Å². The highest BCUT2D eigenvalue weighted by Gasteiger charge is 2.31. The largest absolute Gasteiger partial charge is 0.348 e. The maximum absolute atomic E-state index is 12.6. The second-order valence-electron chi connectivity index (χ2n) is 5.55. The molecule has 3 rings (SSSR count). The van der Waals surface area contributed by atoms with E-state index in [1.54, 1.807) is 0 Å². The molecular formula is C17H19BrClN3O. The molecule has 1 N–H and O–H groups in total. The Balaban J connectivity index is 1.89. The summed E-state index contributed by atoms with van der Waals surface area (Å²) in [6.45, 7) is 2.18. The van der Waals surface area contributed by atoms with Crippen molar-refractivity contribution in [1.29, 1.82) is 0 Å². The Morgan fingerprint density at radius 2 is 2.04 bits per heavy atom. The normalized spacial score (nSPS) is 17.0. The number of hydrogen-bond acceptors (Lipinski definition) is 1. The van der Waals surface area contributed by atoms with Crippen LogP contribution in [-0.2, 0) is 6.54 Å². The van der Waals surface area contributed by atoms with Gasteiger partial charge in [-0.05, 0) is 36.2 Å². The first-order chi connectivity index (χ1) is 11.2. The number of nitrogens with one attached hydrogen (secondary N) is 1. The molecule has 4 nitrogen and oxygen atoms in total.